The first-order valence-corrected chi connectivity index (χ1v) is 42.7. The summed E-state index contributed by atoms with van der Waals surface area (Å²) in [5.41, 5.74) is -1.25. The van der Waals surface area contributed by atoms with Crippen LogP contribution in [-0.4, -0.2) is 301 Å². The van der Waals surface area contributed by atoms with Gasteiger partial charge in [-0.1, -0.05) is 19.8 Å². The second-order valence-electron chi connectivity index (χ2n) is 44.1. The normalized spacial score (nSPS) is 25.1. The molecule has 0 spiro atoms. The molecule has 0 aliphatic carbocycles. The second-order valence-corrected chi connectivity index (χ2v) is 44.1. The Bertz CT molecular complexity index is 3360. The smallest absolute Gasteiger partial charge is 0.232 e. The van der Waals surface area contributed by atoms with Gasteiger partial charge in [-0.3, -0.25) is 29.4 Å². The SMILES string of the molecule is CCCCC(CCCN(C)c1nc(N(C)C2CC(C)(C)N(C)C(C)(C)C2)nc(N(C)C2CC(C)(C)N(C)C(C)(C)C2)n1)(CN(C)c1nc(N(C)C2CC(C)(C)N(C)C(C)(C)C2)nc(N(C)C2CC(C)(C)N(C)C(C)(C)C2)n1)N(C)c1nc(N(C)C2CC(C)(C)N(C)C(C)(C)C2)nc(N(C)C2CC(C)(C)N(C)C(C)(C)C2)n1. The van der Waals surface area contributed by atoms with Crippen LogP contribution in [0.3, 0.4) is 0 Å². The molecule has 24 nitrogen and oxygen atoms in total. The van der Waals surface area contributed by atoms with E-state index in [2.05, 4.69) is 352 Å². The quantitative estimate of drug-likeness (QED) is 0.0786. The molecule has 6 aliphatic heterocycles. The molecule has 6 saturated heterocycles. The number of rotatable bonds is 25. The summed E-state index contributed by atoms with van der Waals surface area (Å²) < 4.78 is 0. The molecule has 0 aromatic carbocycles. The van der Waals surface area contributed by atoms with Crippen LogP contribution in [0.15, 0.2) is 0 Å². The number of hydrogen-bond donors (Lipinski definition) is 0. The van der Waals surface area contributed by atoms with Crippen LogP contribution in [0.5, 0.6) is 0 Å². The van der Waals surface area contributed by atoms with Crippen LogP contribution in [0.2, 0.25) is 0 Å². The van der Waals surface area contributed by atoms with Crippen molar-refractivity contribution in [3.05, 3.63) is 0 Å². The Morgan fingerprint density at radius 2 is 0.432 bits per heavy atom. The fraction of sp³-hybridized carbons (Fsp3) is 0.897. The summed E-state index contributed by atoms with van der Waals surface area (Å²) in [5.74, 6) is 6.24. The summed E-state index contributed by atoms with van der Waals surface area (Å²) >= 11 is 0. The maximum atomic E-state index is 5.82. The fourth-order valence-electron chi connectivity index (χ4n) is 21.7. The Labute approximate surface area is 677 Å². The van der Waals surface area contributed by atoms with Gasteiger partial charge in [-0.25, -0.2) is 0 Å². The van der Waals surface area contributed by atoms with E-state index in [1.54, 1.807) is 0 Å². The van der Waals surface area contributed by atoms with Crippen molar-refractivity contribution >= 4 is 53.5 Å². The molecule has 9 heterocycles. The van der Waals surface area contributed by atoms with E-state index in [1.807, 2.05) is 0 Å². The molecule has 1 unspecified atom stereocenters. The van der Waals surface area contributed by atoms with Crippen molar-refractivity contribution in [1.29, 1.82) is 0 Å². The molecule has 632 valence electrons. The Balaban J connectivity index is 1.21. The molecule has 0 N–H and O–H groups in total. The summed E-state index contributed by atoms with van der Waals surface area (Å²) in [7, 11) is 33.8. The Hall–Kier alpha value is -5.01. The highest BCUT2D eigenvalue weighted by atomic mass is 15.5. The minimum atomic E-state index is -0.611. The fourth-order valence-corrected chi connectivity index (χ4v) is 21.7. The third kappa shape index (κ3) is 18.4. The first-order chi connectivity index (χ1) is 50.5. The number of nitrogens with zero attached hydrogens (tertiary/aromatic N) is 24. The lowest BCUT2D eigenvalue weighted by Crippen LogP contribution is -2.63. The molecule has 0 radical (unpaired) electrons. The lowest BCUT2D eigenvalue weighted by molar-refractivity contribution is -0.0127. The van der Waals surface area contributed by atoms with Gasteiger partial charge in [-0.15, -0.1) is 0 Å². The standard InChI is InChI=1S/C87H164N24/c1-41-42-44-87(105(34)74-95-72(103(32)64-55-83(18,19)110(39)84(20,21)56-64)94-73(96-74)104(33)65-57-85(22,23)111(40)86(24,25)58-65,59-98(27)67-90-70(101(30)62-51-79(10,11)108(37)80(12,13)52-62)93-71(91-67)102(31)63-53-81(14,15)109(38)82(16,17)54-63)45-43-46-97(26)66-88-68(99(28)60-47-75(2,3)106(35)76(4,5)48-60)92-69(89-66)100(29)61-49-77(6,7)107(36)78(8,9)50-61/h60-65H,41-59H2,1-40H3. The summed E-state index contributed by atoms with van der Waals surface area (Å²) in [4.78, 5) is 87.9. The zero-order valence-corrected chi connectivity index (χ0v) is 78.6. The maximum Gasteiger partial charge on any atom is 0.232 e. The lowest BCUT2D eigenvalue weighted by Gasteiger charge is -2.55. The van der Waals surface area contributed by atoms with E-state index in [0.717, 1.165) is 121 Å². The number of anilines is 9. The molecule has 24 heteroatoms. The highest BCUT2D eigenvalue weighted by Gasteiger charge is 2.52. The van der Waals surface area contributed by atoms with Gasteiger partial charge in [0, 0.05) is 179 Å². The van der Waals surface area contributed by atoms with E-state index in [1.165, 1.54) is 0 Å². The first-order valence-electron chi connectivity index (χ1n) is 42.7. The Morgan fingerprint density at radius 1 is 0.261 bits per heavy atom. The number of aromatic nitrogens is 9. The topological polar surface area (TPSA) is 165 Å². The van der Waals surface area contributed by atoms with Crippen LogP contribution in [0, 0.1) is 0 Å². The van der Waals surface area contributed by atoms with Crippen LogP contribution in [-0.2, 0) is 0 Å². The third-order valence-electron chi connectivity index (χ3n) is 31.1. The first kappa shape index (κ1) is 89.9. The van der Waals surface area contributed by atoms with Gasteiger partial charge in [0.25, 0.3) is 0 Å². The molecule has 0 bridgehead atoms. The molecule has 111 heavy (non-hydrogen) atoms. The van der Waals surface area contributed by atoms with Gasteiger partial charge >= 0.3 is 0 Å². The van der Waals surface area contributed by atoms with Crippen molar-refractivity contribution in [3.8, 4) is 0 Å². The number of unbranched alkanes of at least 4 members (excludes halogenated alkanes) is 1. The molecular weight excluding hydrogens is 1380 g/mol. The van der Waals surface area contributed by atoms with Crippen LogP contribution >= 0.6 is 0 Å². The van der Waals surface area contributed by atoms with E-state index in [0.29, 0.717) is 54.7 Å². The van der Waals surface area contributed by atoms with E-state index in [-0.39, 0.29) is 103 Å². The Kier molecular flexibility index (Phi) is 25.2. The van der Waals surface area contributed by atoms with Crippen molar-refractivity contribution in [2.75, 3.05) is 163 Å². The summed E-state index contributed by atoms with van der Waals surface area (Å²) in [5, 5.41) is 0. The van der Waals surface area contributed by atoms with Crippen LogP contribution in [0.4, 0.5) is 53.5 Å². The number of likely N-dealkylation sites (tertiary alicyclic amines) is 6. The summed E-state index contributed by atoms with van der Waals surface area (Å²) in [6, 6.07) is 1.11. The summed E-state index contributed by atoms with van der Waals surface area (Å²) in [6.07, 6.45) is 16.0. The van der Waals surface area contributed by atoms with Crippen LogP contribution < -0.4 is 44.1 Å². The molecule has 3 aromatic heterocycles. The molecule has 3 aromatic rings. The molecule has 0 amide bonds. The van der Waals surface area contributed by atoms with Gasteiger partial charge in [0.15, 0.2) is 0 Å². The molecule has 0 saturated carbocycles. The average Bonchev–Trinajstić information content (AvgIpc) is 0.777. The van der Waals surface area contributed by atoms with E-state index >= 15 is 0 Å². The van der Waals surface area contributed by atoms with Gasteiger partial charge in [0.1, 0.15) is 0 Å². The van der Waals surface area contributed by atoms with Crippen molar-refractivity contribution in [2.45, 2.75) is 391 Å². The van der Waals surface area contributed by atoms with Crippen LogP contribution in [0.25, 0.3) is 0 Å². The minimum Gasteiger partial charge on any atom is -0.344 e. The van der Waals surface area contributed by atoms with Gasteiger partial charge in [0.2, 0.25) is 53.5 Å². The van der Waals surface area contributed by atoms with E-state index in [9.17, 15) is 0 Å². The lowest BCUT2D eigenvalue weighted by atomic mass is 9.77. The van der Waals surface area contributed by atoms with Gasteiger partial charge in [0.05, 0.1) is 5.54 Å². The molecule has 1 atom stereocenters. The number of hydrogen-bond acceptors (Lipinski definition) is 24. The van der Waals surface area contributed by atoms with Crippen molar-refractivity contribution in [3.63, 3.8) is 0 Å². The van der Waals surface area contributed by atoms with Crippen molar-refractivity contribution in [2.24, 2.45) is 0 Å². The molecule has 9 rings (SSSR count). The monoisotopic (exact) mass is 1550 g/mol. The third-order valence-corrected chi connectivity index (χ3v) is 31.1. The van der Waals surface area contributed by atoms with Crippen molar-refractivity contribution < 1.29 is 0 Å². The Morgan fingerprint density at radius 3 is 0.631 bits per heavy atom. The van der Waals surface area contributed by atoms with Crippen molar-refractivity contribution in [1.82, 2.24) is 74.3 Å². The predicted molar refractivity (Wildman–Crippen MR) is 470 cm³/mol. The van der Waals surface area contributed by atoms with E-state index in [4.69, 9.17) is 44.9 Å². The minimum absolute atomic E-state index is 0.0360. The van der Waals surface area contributed by atoms with Crippen LogP contribution in [0.1, 0.15) is 282 Å². The molecule has 6 aliphatic rings. The largest absolute Gasteiger partial charge is 0.344 e. The van der Waals surface area contributed by atoms with Gasteiger partial charge in [-0.05, 0) is 305 Å². The highest BCUT2D eigenvalue weighted by molar-refractivity contribution is 5.53. The van der Waals surface area contributed by atoms with E-state index < -0.39 is 5.54 Å². The molecule has 6 fully saturated rings. The second kappa shape index (κ2) is 31.1. The average molecular weight is 1550 g/mol. The zero-order chi connectivity index (χ0) is 83.6. The predicted octanol–water partition coefficient (Wildman–Crippen LogP) is 14.2. The van der Waals surface area contributed by atoms with Gasteiger partial charge in [-0.2, -0.15) is 44.9 Å². The highest BCUT2D eigenvalue weighted by Crippen LogP contribution is 2.48. The maximum absolute atomic E-state index is 5.82. The summed E-state index contributed by atoms with van der Waals surface area (Å²) in [6.45, 7) is 60.9. The molecular formula is C87H164N24. The van der Waals surface area contributed by atoms with Gasteiger partial charge < -0.3 is 44.1 Å². The number of piperidine rings is 6. The zero-order valence-electron chi connectivity index (χ0n) is 78.6. The number of likely N-dealkylation sites (N-methyl/N-ethyl adjacent to an activating group) is 2.